The number of nitrogens with zero attached hydrogens (tertiary/aromatic N) is 3. The van der Waals surface area contributed by atoms with Crippen molar-refractivity contribution in [2.45, 2.75) is 32.4 Å². The predicted molar refractivity (Wildman–Crippen MR) is 109 cm³/mol. The fraction of sp³-hybridized carbons (Fsp3) is 0.261. The number of aromatic nitrogens is 2. The van der Waals surface area contributed by atoms with Crippen molar-refractivity contribution in [2.75, 3.05) is 6.61 Å². The van der Waals surface area contributed by atoms with Crippen LogP contribution in [0.4, 0.5) is 0 Å². The third-order valence-electron chi connectivity index (χ3n) is 5.19. The summed E-state index contributed by atoms with van der Waals surface area (Å²) >= 11 is 0. The van der Waals surface area contributed by atoms with Crippen LogP contribution in [0.1, 0.15) is 58.2 Å². The zero-order chi connectivity index (χ0) is 19.5. The molecule has 3 aromatic rings. The Kier molecular flexibility index (Phi) is 5.05. The summed E-state index contributed by atoms with van der Waals surface area (Å²) in [4.78, 5) is 11.0. The first-order chi connectivity index (χ1) is 13.7. The maximum absolute atomic E-state index is 11.0. The number of aldehydes is 1. The maximum Gasteiger partial charge on any atom is 0.150 e. The van der Waals surface area contributed by atoms with Gasteiger partial charge in [-0.3, -0.25) is 4.79 Å². The van der Waals surface area contributed by atoms with E-state index in [9.17, 15) is 10.1 Å². The summed E-state index contributed by atoms with van der Waals surface area (Å²) in [5.74, 6) is 0. The Morgan fingerprint density at radius 1 is 1.21 bits per heavy atom. The fourth-order valence-corrected chi connectivity index (χ4v) is 3.72. The molecule has 0 radical (unpaired) electrons. The van der Waals surface area contributed by atoms with E-state index in [0.717, 1.165) is 59.9 Å². The van der Waals surface area contributed by atoms with Crippen molar-refractivity contribution in [3.63, 3.8) is 0 Å². The molecular weight excluding hydrogens is 350 g/mol. The standard InChI is InChI=1S/C23H21N3O2/c1-16-19(14-24)9-11-21-23(16)20(25-26(21)22-7-2-3-12-28-22)10-8-17-5-4-6-18(13-17)15-27/h4-6,8-11,13,15,22H,2-3,7,12H2,1H3. The Balaban J connectivity index is 1.83. The molecule has 1 aliphatic heterocycles. The molecule has 1 unspecified atom stereocenters. The van der Waals surface area contributed by atoms with Gasteiger partial charge in [-0.1, -0.05) is 24.3 Å². The minimum atomic E-state index is -0.0795. The van der Waals surface area contributed by atoms with Gasteiger partial charge in [0, 0.05) is 17.6 Å². The average Bonchev–Trinajstić information content (AvgIpc) is 3.13. The third-order valence-corrected chi connectivity index (χ3v) is 5.19. The van der Waals surface area contributed by atoms with Gasteiger partial charge in [0.25, 0.3) is 0 Å². The molecule has 1 fully saturated rings. The van der Waals surface area contributed by atoms with Crippen LogP contribution in [0.25, 0.3) is 23.1 Å². The van der Waals surface area contributed by atoms with Gasteiger partial charge in [-0.15, -0.1) is 0 Å². The van der Waals surface area contributed by atoms with Gasteiger partial charge in [-0.05, 0) is 61.6 Å². The zero-order valence-electron chi connectivity index (χ0n) is 15.8. The second-order valence-electron chi connectivity index (χ2n) is 7.02. The molecule has 2 heterocycles. The zero-order valence-corrected chi connectivity index (χ0v) is 15.8. The first kappa shape index (κ1) is 18.1. The lowest BCUT2D eigenvalue weighted by molar-refractivity contribution is -0.0367. The molecule has 0 spiro atoms. The molecule has 0 amide bonds. The highest BCUT2D eigenvalue weighted by molar-refractivity contribution is 5.93. The number of carbonyl (C=O) groups is 1. The van der Waals surface area contributed by atoms with Crippen molar-refractivity contribution < 1.29 is 9.53 Å². The van der Waals surface area contributed by atoms with E-state index in [-0.39, 0.29) is 6.23 Å². The van der Waals surface area contributed by atoms with Crippen LogP contribution in [0, 0.1) is 18.3 Å². The number of carbonyl (C=O) groups excluding carboxylic acids is 1. The van der Waals surface area contributed by atoms with E-state index in [1.54, 1.807) is 6.07 Å². The lowest BCUT2D eigenvalue weighted by Gasteiger charge is -2.23. The van der Waals surface area contributed by atoms with Crippen LogP contribution < -0.4 is 0 Å². The van der Waals surface area contributed by atoms with Crippen molar-refractivity contribution in [3.8, 4) is 6.07 Å². The van der Waals surface area contributed by atoms with Crippen LogP contribution in [0.3, 0.4) is 0 Å². The van der Waals surface area contributed by atoms with Crippen LogP contribution in [0.15, 0.2) is 36.4 Å². The van der Waals surface area contributed by atoms with E-state index >= 15 is 0 Å². The SMILES string of the molecule is Cc1c(C#N)ccc2c1c(C=Cc1cccc(C=O)c1)nn2C1CCCCO1. The number of ether oxygens (including phenoxy) is 1. The summed E-state index contributed by atoms with van der Waals surface area (Å²) in [5, 5.41) is 15.2. The molecule has 1 atom stereocenters. The van der Waals surface area contributed by atoms with E-state index in [1.807, 2.05) is 54.1 Å². The Morgan fingerprint density at radius 2 is 2.07 bits per heavy atom. The molecule has 1 saturated heterocycles. The molecule has 0 aliphatic carbocycles. The van der Waals surface area contributed by atoms with Crippen molar-refractivity contribution in [2.24, 2.45) is 0 Å². The van der Waals surface area contributed by atoms with Gasteiger partial charge in [0.1, 0.15) is 6.29 Å². The Morgan fingerprint density at radius 3 is 2.82 bits per heavy atom. The number of fused-ring (bicyclic) bond motifs is 1. The Hall–Kier alpha value is -3.23. The molecule has 5 heteroatoms. The number of nitriles is 1. The molecule has 28 heavy (non-hydrogen) atoms. The summed E-state index contributed by atoms with van der Waals surface area (Å²) < 4.78 is 7.90. The lowest BCUT2D eigenvalue weighted by atomic mass is 10.0. The molecule has 1 aliphatic rings. The summed E-state index contributed by atoms with van der Waals surface area (Å²) in [6, 6.07) is 13.5. The van der Waals surface area contributed by atoms with Crippen LogP contribution in [0.2, 0.25) is 0 Å². The van der Waals surface area contributed by atoms with E-state index in [4.69, 9.17) is 9.84 Å². The quantitative estimate of drug-likeness (QED) is 0.612. The van der Waals surface area contributed by atoms with Gasteiger partial charge >= 0.3 is 0 Å². The van der Waals surface area contributed by atoms with Crippen LogP contribution >= 0.6 is 0 Å². The summed E-state index contributed by atoms with van der Waals surface area (Å²) in [5.41, 5.74) is 4.91. The Labute approximate surface area is 163 Å². The fourth-order valence-electron chi connectivity index (χ4n) is 3.72. The molecule has 5 nitrogen and oxygen atoms in total. The maximum atomic E-state index is 11.0. The smallest absolute Gasteiger partial charge is 0.150 e. The number of rotatable bonds is 4. The lowest BCUT2D eigenvalue weighted by Crippen LogP contribution is -2.19. The molecule has 0 saturated carbocycles. The van der Waals surface area contributed by atoms with Gasteiger partial charge in [0.15, 0.2) is 6.23 Å². The van der Waals surface area contributed by atoms with Crippen molar-refractivity contribution >= 4 is 29.3 Å². The number of hydrogen-bond acceptors (Lipinski definition) is 4. The summed E-state index contributed by atoms with van der Waals surface area (Å²) in [6.45, 7) is 2.70. The second-order valence-corrected chi connectivity index (χ2v) is 7.02. The second kappa shape index (κ2) is 7.79. The molecule has 1 aromatic heterocycles. The minimum Gasteiger partial charge on any atom is -0.356 e. The van der Waals surface area contributed by atoms with E-state index in [1.165, 1.54) is 0 Å². The van der Waals surface area contributed by atoms with Crippen LogP contribution in [-0.4, -0.2) is 22.7 Å². The molecule has 2 aromatic carbocycles. The molecule has 0 N–H and O–H groups in total. The Bertz CT molecular complexity index is 1100. The topological polar surface area (TPSA) is 67.9 Å². The van der Waals surface area contributed by atoms with Crippen LogP contribution in [-0.2, 0) is 4.74 Å². The first-order valence-electron chi connectivity index (χ1n) is 9.48. The third kappa shape index (κ3) is 3.35. The largest absolute Gasteiger partial charge is 0.356 e. The van der Waals surface area contributed by atoms with Gasteiger partial charge in [0.2, 0.25) is 0 Å². The summed E-state index contributed by atoms with van der Waals surface area (Å²) in [6.07, 6.45) is 7.77. The van der Waals surface area contributed by atoms with E-state index < -0.39 is 0 Å². The number of benzene rings is 2. The van der Waals surface area contributed by atoms with Crippen molar-refractivity contribution in [3.05, 3.63) is 64.3 Å². The van der Waals surface area contributed by atoms with Crippen molar-refractivity contribution in [1.29, 1.82) is 5.26 Å². The molecular formula is C23H21N3O2. The van der Waals surface area contributed by atoms with Gasteiger partial charge in [0.05, 0.1) is 22.8 Å². The normalized spacial score (nSPS) is 17.1. The highest BCUT2D eigenvalue weighted by atomic mass is 16.5. The number of hydrogen-bond donors (Lipinski definition) is 0. The molecule has 0 bridgehead atoms. The average molecular weight is 371 g/mol. The number of aryl methyl sites for hydroxylation is 1. The van der Waals surface area contributed by atoms with Gasteiger partial charge in [-0.25, -0.2) is 4.68 Å². The van der Waals surface area contributed by atoms with Crippen molar-refractivity contribution in [1.82, 2.24) is 9.78 Å². The predicted octanol–water partition coefficient (Wildman–Crippen LogP) is 4.90. The monoisotopic (exact) mass is 371 g/mol. The van der Waals surface area contributed by atoms with Gasteiger partial charge < -0.3 is 4.74 Å². The summed E-state index contributed by atoms with van der Waals surface area (Å²) in [7, 11) is 0. The highest BCUT2D eigenvalue weighted by Gasteiger charge is 2.22. The van der Waals surface area contributed by atoms with E-state index in [2.05, 4.69) is 6.07 Å². The first-order valence-corrected chi connectivity index (χ1v) is 9.48. The minimum absolute atomic E-state index is 0.0795. The molecule has 4 rings (SSSR count). The van der Waals surface area contributed by atoms with Gasteiger partial charge in [-0.2, -0.15) is 10.4 Å². The van der Waals surface area contributed by atoms with Crippen LogP contribution in [0.5, 0.6) is 0 Å². The molecule has 140 valence electrons. The highest BCUT2D eigenvalue weighted by Crippen LogP contribution is 2.32. The van der Waals surface area contributed by atoms with E-state index in [0.29, 0.717) is 11.1 Å².